The van der Waals surface area contributed by atoms with Gasteiger partial charge in [-0.15, -0.1) is 23.1 Å². The highest BCUT2D eigenvalue weighted by atomic mass is 32.2. The molecule has 1 fully saturated rings. The number of rotatable bonds is 6. The summed E-state index contributed by atoms with van der Waals surface area (Å²) in [4.78, 5) is 48.2. The molecule has 10 heteroatoms. The summed E-state index contributed by atoms with van der Waals surface area (Å²) in [6, 6.07) is 7.11. The third-order valence-corrected chi connectivity index (χ3v) is 7.77. The van der Waals surface area contributed by atoms with Crippen molar-refractivity contribution in [3.63, 3.8) is 0 Å². The molecule has 0 spiro atoms. The van der Waals surface area contributed by atoms with Gasteiger partial charge in [-0.1, -0.05) is 6.07 Å². The van der Waals surface area contributed by atoms with Gasteiger partial charge in [0.2, 0.25) is 5.91 Å². The first-order chi connectivity index (χ1) is 15.6. The molecule has 5 rings (SSSR count). The van der Waals surface area contributed by atoms with E-state index in [0.717, 1.165) is 35.2 Å². The Hall–Kier alpha value is -2.85. The van der Waals surface area contributed by atoms with Crippen LogP contribution in [-0.4, -0.2) is 40.7 Å². The molecule has 2 aliphatic rings. The van der Waals surface area contributed by atoms with Gasteiger partial charge in [0.15, 0.2) is 0 Å². The molecule has 0 unspecified atom stereocenters. The molecule has 1 aromatic carbocycles. The molecular formula is C22H23N5O3S2. The highest BCUT2D eigenvalue weighted by molar-refractivity contribution is 7.99. The summed E-state index contributed by atoms with van der Waals surface area (Å²) in [6.45, 7) is 1.22. The van der Waals surface area contributed by atoms with Crippen LogP contribution in [0.25, 0.3) is 10.2 Å². The van der Waals surface area contributed by atoms with E-state index in [2.05, 4.69) is 20.6 Å². The minimum atomic E-state index is -0.145. The van der Waals surface area contributed by atoms with Gasteiger partial charge in [-0.3, -0.25) is 14.5 Å². The van der Waals surface area contributed by atoms with Gasteiger partial charge >= 0.3 is 6.03 Å². The minimum Gasteiger partial charge on any atom is -0.336 e. The normalized spacial score (nSPS) is 15.6. The first-order valence-corrected chi connectivity index (χ1v) is 12.6. The van der Waals surface area contributed by atoms with Gasteiger partial charge in [0.1, 0.15) is 10.7 Å². The van der Waals surface area contributed by atoms with Crippen LogP contribution >= 0.6 is 23.1 Å². The Labute approximate surface area is 192 Å². The summed E-state index contributed by atoms with van der Waals surface area (Å²) in [5.41, 5.74) is 2.50. The van der Waals surface area contributed by atoms with E-state index in [1.54, 1.807) is 28.4 Å². The highest BCUT2D eigenvalue weighted by Gasteiger charge is 2.22. The van der Waals surface area contributed by atoms with Crippen LogP contribution in [0.4, 0.5) is 16.2 Å². The van der Waals surface area contributed by atoms with E-state index in [4.69, 9.17) is 0 Å². The number of aromatic amines is 1. The first kappa shape index (κ1) is 21.0. The number of nitrogens with one attached hydrogen (secondary N) is 3. The molecule has 166 valence electrons. The van der Waals surface area contributed by atoms with Gasteiger partial charge in [0.25, 0.3) is 5.56 Å². The Bertz CT molecular complexity index is 1250. The Kier molecular flexibility index (Phi) is 5.88. The zero-order valence-corrected chi connectivity index (χ0v) is 19.0. The van der Waals surface area contributed by atoms with Crippen molar-refractivity contribution >= 4 is 56.6 Å². The number of aryl methyl sites for hydroxylation is 2. The fourth-order valence-corrected chi connectivity index (χ4v) is 6.15. The van der Waals surface area contributed by atoms with E-state index in [1.165, 1.54) is 28.6 Å². The van der Waals surface area contributed by atoms with E-state index in [9.17, 15) is 14.4 Å². The molecule has 2 aromatic heterocycles. The van der Waals surface area contributed by atoms with Gasteiger partial charge in [0.05, 0.1) is 16.9 Å². The molecule has 3 aromatic rings. The second-order valence-electron chi connectivity index (χ2n) is 7.88. The van der Waals surface area contributed by atoms with Crippen LogP contribution in [0, 0.1) is 0 Å². The van der Waals surface area contributed by atoms with Crippen molar-refractivity contribution in [2.45, 2.75) is 31.4 Å². The quantitative estimate of drug-likeness (QED) is 0.514. The van der Waals surface area contributed by atoms with Crippen molar-refractivity contribution in [3.8, 4) is 0 Å². The second kappa shape index (κ2) is 8.95. The number of hydrogen-bond acceptors (Lipinski definition) is 6. The standard InChI is InChI=1S/C22H23N5O3S2/c28-18(24-13-4-3-5-14(10-13)27-9-8-23-22(27)30)12-31-11-17-25-20(29)19-15-6-1-2-7-16(15)32-21(19)26-17/h3-5,10H,1-2,6-9,11-12H2,(H,23,30)(H,24,28)(H,25,26,29). The summed E-state index contributed by atoms with van der Waals surface area (Å²) in [5.74, 6) is 1.14. The number of aromatic nitrogens is 2. The molecule has 0 bridgehead atoms. The molecule has 0 saturated carbocycles. The minimum absolute atomic E-state index is 0.0720. The van der Waals surface area contributed by atoms with Crippen LogP contribution in [0.2, 0.25) is 0 Å². The van der Waals surface area contributed by atoms with Crippen LogP contribution in [0.15, 0.2) is 29.1 Å². The summed E-state index contributed by atoms with van der Waals surface area (Å²) >= 11 is 3.03. The second-order valence-corrected chi connectivity index (χ2v) is 9.95. The van der Waals surface area contributed by atoms with Crippen LogP contribution in [0.5, 0.6) is 0 Å². The third-order valence-electron chi connectivity index (χ3n) is 5.64. The van der Waals surface area contributed by atoms with E-state index in [0.29, 0.717) is 30.4 Å². The number of benzene rings is 1. The maximum atomic E-state index is 12.6. The Balaban J connectivity index is 1.20. The summed E-state index contributed by atoms with van der Waals surface area (Å²) in [6.07, 6.45) is 4.28. The van der Waals surface area contributed by atoms with Crippen LogP contribution in [0.3, 0.4) is 0 Å². The van der Waals surface area contributed by atoms with Gasteiger partial charge in [-0.2, -0.15) is 0 Å². The number of urea groups is 1. The Morgan fingerprint density at radius 2 is 2.12 bits per heavy atom. The fraction of sp³-hybridized carbons (Fsp3) is 0.364. The Morgan fingerprint density at radius 1 is 1.25 bits per heavy atom. The first-order valence-electron chi connectivity index (χ1n) is 10.6. The van der Waals surface area contributed by atoms with Crippen LogP contribution < -0.4 is 21.1 Å². The largest absolute Gasteiger partial charge is 0.336 e. The maximum absolute atomic E-state index is 12.6. The lowest BCUT2D eigenvalue weighted by Gasteiger charge is -2.15. The van der Waals surface area contributed by atoms with Gasteiger partial charge in [-0.05, 0) is 49.4 Å². The van der Waals surface area contributed by atoms with Crippen molar-refractivity contribution in [2.24, 2.45) is 0 Å². The summed E-state index contributed by atoms with van der Waals surface area (Å²) in [7, 11) is 0. The van der Waals surface area contributed by atoms with Gasteiger partial charge < -0.3 is 15.6 Å². The number of hydrogen-bond donors (Lipinski definition) is 3. The lowest BCUT2D eigenvalue weighted by atomic mass is 9.97. The molecule has 3 amide bonds. The monoisotopic (exact) mass is 469 g/mol. The number of thioether (sulfide) groups is 1. The molecule has 3 heterocycles. The van der Waals surface area contributed by atoms with Crippen molar-refractivity contribution in [2.75, 3.05) is 29.1 Å². The number of thiophene rings is 1. The number of H-pyrrole nitrogens is 1. The van der Waals surface area contributed by atoms with Crippen molar-refractivity contribution < 1.29 is 9.59 Å². The van der Waals surface area contributed by atoms with Gasteiger partial charge in [0, 0.05) is 29.3 Å². The molecule has 32 heavy (non-hydrogen) atoms. The molecular weight excluding hydrogens is 446 g/mol. The zero-order chi connectivity index (χ0) is 22.1. The van der Waals surface area contributed by atoms with E-state index in [-0.39, 0.29) is 23.3 Å². The van der Waals surface area contributed by atoms with Gasteiger partial charge in [-0.25, -0.2) is 9.78 Å². The number of carbonyl (C=O) groups excluding carboxylic acids is 2. The van der Waals surface area contributed by atoms with E-state index < -0.39 is 0 Å². The molecule has 1 saturated heterocycles. The molecule has 1 aliphatic heterocycles. The summed E-state index contributed by atoms with van der Waals surface area (Å²) < 4.78 is 0. The van der Waals surface area contributed by atoms with E-state index in [1.807, 2.05) is 12.1 Å². The topological polar surface area (TPSA) is 107 Å². The molecule has 1 aliphatic carbocycles. The van der Waals surface area contributed by atoms with Crippen LogP contribution in [-0.2, 0) is 23.4 Å². The molecule has 0 radical (unpaired) electrons. The Morgan fingerprint density at radius 3 is 2.97 bits per heavy atom. The molecule has 8 nitrogen and oxygen atoms in total. The maximum Gasteiger partial charge on any atom is 0.321 e. The number of anilines is 2. The van der Waals surface area contributed by atoms with E-state index >= 15 is 0 Å². The fourth-order valence-electron chi connectivity index (χ4n) is 4.18. The average Bonchev–Trinajstić information content (AvgIpc) is 3.37. The lowest BCUT2D eigenvalue weighted by molar-refractivity contribution is -0.113. The van der Waals surface area contributed by atoms with Crippen molar-refractivity contribution in [1.29, 1.82) is 0 Å². The number of fused-ring (bicyclic) bond motifs is 3. The SMILES string of the molecule is O=C(CSCc1nc2sc3c(c2c(=O)[nH]1)CCCC3)Nc1cccc(N2CCNC2=O)c1. The molecule has 3 N–H and O–H groups in total. The highest BCUT2D eigenvalue weighted by Crippen LogP contribution is 2.33. The van der Waals surface area contributed by atoms with Crippen LogP contribution in [0.1, 0.15) is 29.1 Å². The lowest BCUT2D eigenvalue weighted by Crippen LogP contribution is -2.27. The predicted octanol–water partition coefficient (Wildman–Crippen LogP) is 3.26. The molecule has 0 atom stereocenters. The smallest absolute Gasteiger partial charge is 0.321 e. The van der Waals surface area contributed by atoms with Crippen molar-refractivity contribution in [1.82, 2.24) is 15.3 Å². The predicted molar refractivity (Wildman–Crippen MR) is 129 cm³/mol. The number of carbonyl (C=O) groups is 2. The zero-order valence-electron chi connectivity index (χ0n) is 17.4. The average molecular weight is 470 g/mol. The van der Waals surface area contributed by atoms with Crippen molar-refractivity contribution in [3.05, 3.63) is 50.9 Å². The number of amides is 3. The third kappa shape index (κ3) is 4.24. The number of nitrogens with zero attached hydrogens (tertiary/aromatic N) is 2. The summed E-state index contributed by atoms with van der Waals surface area (Å²) in [5, 5.41) is 6.39.